The maximum atomic E-state index is 11.7. The molecule has 0 aromatic rings. The minimum Gasteiger partial charge on any atom is -0.379 e. The Morgan fingerprint density at radius 1 is 1.36 bits per heavy atom. The van der Waals surface area contributed by atoms with Gasteiger partial charge in [-0.2, -0.15) is 0 Å². The molecule has 0 spiro atoms. The van der Waals surface area contributed by atoms with Crippen LogP contribution in [0.3, 0.4) is 0 Å². The van der Waals surface area contributed by atoms with Crippen LogP contribution >= 0.6 is 0 Å². The van der Waals surface area contributed by atoms with Crippen molar-refractivity contribution in [1.29, 1.82) is 0 Å². The monoisotopic (exact) mass is 221 g/mol. The van der Waals surface area contributed by atoms with Gasteiger partial charge in [-0.1, -0.05) is 0 Å². The quantitative estimate of drug-likeness (QED) is 0.696. The first kappa shape index (κ1) is 10.4. The molecule has 0 amide bonds. The van der Waals surface area contributed by atoms with Crippen LogP contribution in [0, 0.1) is 0 Å². The smallest absolute Gasteiger partial charge is 0.219 e. The zero-order valence-electron chi connectivity index (χ0n) is 8.15. The lowest BCUT2D eigenvalue weighted by Gasteiger charge is -2.31. The second-order valence-electron chi connectivity index (χ2n) is 4.17. The van der Waals surface area contributed by atoms with Crippen molar-refractivity contribution in [3.8, 4) is 0 Å². The first-order valence-corrected chi connectivity index (χ1v) is 6.25. The third kappa shape index (κ3) is 1.93. The van der Waals surface area contributed by atoms with Crippen LogP contribution in [0.4, 0.5) is 0 Å². The Morgan fingerprint density at radius 2 is 2.07 bits per heavy atom. The molecule has 0 aliphatic carbocycles. The summed E-state index contributed by atoms with van der Waals surface area (Å²) in [6.45, 7) is 3.58. The third-order valence-corrected chi connectivity index (χ3v) is 4.58. The van der Waals surface area contributed by atoms with Gasteiger partial charge in [0.1, 0.15) is 5.25 Å². The van der Waals surface area contributed by atoms with E-state index in [1.807, 2.05) is 6.92 Å². The Bertz CT molecular complexity index is 303. The molecular formula is C8H15NO4S. The van der Waals surface area contributed by atoms with Crippen LogP contribution in [-0.2, 0) is 19.5 Å². The van der Waals surface area contributed by atoms with Gasteiger partial charge in [-0.3, -0.25) is 0 Å². The Hall–Kier alpha value is -0.170. The zero-order chi connectivity index (χ0) is 10.2. The molecule has 1 atom stereocenters. The fourth-order valence-corrected chi connectivity index (χ4v) is 3.13. The normalized spacial score (nSPS) is 34.4. The summed E-state index contributed by atoms with van der Waals surface area (Å²) in [6, 6.07) is 0. The molecule has 0 aromatic carbocycles. The van der Waals surface area contributed by atoms with E-state index in [-0.39, 0.29) is 5.25 Å². The summed E-state index contributed by atoms with van der Waals surface area (Å²) in [6.07, 6.45) is 0.736. The van der Waals surface area contributed by atoms with E-state index < -0.39 is 15.6 Å². The Balaban J connectivity index is 2.01. The van der Waals surface area contributed by atoms with Gasteiger partial charge in [0.15, 0.2) is 0 Å². The Kier molecular flexibility index (Phi) is 2.55. The van der Waals surface area contributed by atoms with Crippen LogP contribution in [0.5, 0.6) is 0 Å². The van der Waals surface area contributed by atoms with Gasteiger partial charge in [0, 0.05) is 6.61 Å². The Labute approximate surface area is 83.8 Å². The topological polar surface area (TPSA) is 64.6 Å². The van der Waals surface area contributed by atoms with E-state index in [0.29, 0.717) is 26.4 Å². The number of rotatable bonds is 3. The van der Waals surface area contributed by atoms with E-state index >= 15 is 0 Å². The van der Waals surface area contributed by atoms with E-state index in [1.54, 1.807) is 0 Å². The molecule has 2 aliphatic rings. The lowest BCUT2D eigenvalue weighted by molar-refractivity contribution is 0.0406. The average molecular weight is 221 g/mol. The molecule has 6 heteroatoms. The summed E-state index contributed by atoms with van der Waals surface area (Å²) >= 11 is 0. The van der Waals surface area contributed by atoms with Crippen LogP contribution in [-0.4, -0.2) is 45.6 Å². The highest BCUT2D eigenvalue weighted by Gasteiger charge is 2.40. The molecule has 82 valence electrons. The summed E-state index contributed by atoms with van der Waals surface area (Å²) in [5, 5.41) is -0.375. The predicted octanol–water partition coefficient (Wildman–Crippen LogP) is -0.516. The van der Waals surface area contributed by atoms with E-state index in [4.69, 9.17) is 9.47 Å². The number of hydrogen-bond acceptors (Lipinski definition) is 4. The molecule has 0 aromatic heterocycles. The summed E-state index contributed by atoms with van der Waals surface area (Å²) < 4.78 is 36.2. The first-order chi connectivity index (χ1) is 6.52. The van der Waals surface area contributed by atoms with Crippen LogP contribution in [0.15, 0.2) is 0 Å². The van der Waals surface area contributed by atoms with E-state index in [2.05, 4.69) is 4.72 Å². The van der Waals surface area contributed by atoms with Gasteiger partial charge in [-0.25, -0.2) is 13.1 Å². The van der Waals surface area contributed by atoms with Gasteiger partial charge in [0.05, 0.1) is 25.4 Å². The minimum absolute atomic E-state index is 0.312. The average Bonchev–Trinajstić information content (AvgIpc) is 2.28. The van der Waals surface area contributed by atoms with Crippen molar-refractivity contribution >= 4 is 10.0 Å². The van der Waals surface area contributed by atoms with Gasteiger partial charge in [0.25, 0.3) is 0 Å². The molecule has 14 heavy (non-hydrogen) atoms. The van der Waals surface area contributed by atoms with Gasteiger partial charge in [-0.15, -0.1) is 0 Å². The molecule has 2 saturated heterocycles. The maximum absolute atomic E-state index is 11.7. The van der Waals surface area contributed by atoms with Crippen LogP contribution < -0.4 is 4.72 Å². The van der Waals surface area contributed by atoms with E-state index in [9.17, 15) is 8.42 Å². The van der Waals surface area contributed by atoms with E-state index in [0.717, 1.165) is 6.42 Å². The van der Waals surface area contributed by atoms with Crippen LogP contribution in [0.2, 0.25) is 0 Å². The van der Waals surface area contributed by atoms with Gasteiger partial charge >= 0.3 is 0 Å². The molecule has 0 saturated carbocycles. The Morgan fingerprint density at radius 3 is 2.50 bits per heavy atom. The highest BCUT2D eigenvalue weighted by molar-refractivity contribution is 7.90. The zero-order valence-corrected chi connectivity index (χ0v) is 8.97. The lowest BCUT2D eigenvalue weighted by Crippen LogP contribution is -2.54. The van der Waals surface area contributed by atoms with Crippen LogP contribution in [0.25, 0.3) is 0 Å². The molecule has 2 aliphatic heterocycles. The SMILES string of the molecule is CC1(NS(=O)(=O)C2COC2)CCOC1. The highest BCUT2D eigenvalue weighted by atomic mass is 32.2. The minimum atomic E-state index is -3.22. The van der Waals surface area contributed by atoms with Gasteiger partial charge < -0.3 is 9.47 Å². The van der Waals surface area contributed by atoms with Crippen molar-refractivity contribution in [3.05, 3.63) is 0 Å². The number of ether oxygens (including phenoxy) is 2. The lowest BCUT2D eigenvalue weighted by atomic mass is 10.0. The molecule has 5 nitrogen and oxygen atoms in total. The fourth-order valence-electron chi connectivity index (χ4n) is 1.57. The van der Waals surface area contributed by atoms with Crippen molar-refractivity contribution in [2.75, 3.05) is 26.4 Å². The summed E-state index contributed by atoms with van der Waals surface area (Å²) in [7, 11) is -3.22. The summed E-state index contributed by atoms with van der Waals surface area (Å²) in [4.78, 5) is 0. The second kappa shape index (κ2) is 3.44. The largest absolute Gasteiger partial charge is 0.379 e. The molecule has 2 fully saturated rings. The van der Waals surface area contributed by atoms with E-state index in [1.165, 1.54) is 0 Å². The standard InChI is InChI=1S/C8H15NO4S/c1-8(2-3-12-6-8)9-14(10,11)7-4-13-5-7/h7,9H,2-6H2,1H3. The van der Waals surface area contributed by atoms with Crippen molar-refractivity contribution in [3.63, 3.8) is 0 Å². The maximum Gasteiger partial charge on any atom is 0.219 e. The van der Waals surface area contributed by atoms with Crippen LogP contribution in [0.1, 0.15) is 13.3 Å². The van der Waals surface area contributed by atoms with Crippen molar-refractivity contribution < 1.29 is 17.9 Å². The summed E-state index contributed by atoms with van der Waals surface area (Å²) in [5.41, 5.74) is -0.422. The number of sulfonamides is 1. The molecule has 1 unspecified atom stereocenters. The predicted molar refractivity (Wildman–Crippen MR) is 50.5 cm³/mol. The fraction of sp³-hybridized carbons (Fsp3) is 1.00. The van der Waals surface area contributed by atoms with Crippen molar-refractivity contribution in [2.45, 2.75) is 24.1 Å². The second-order valence-corrected chi connectivity index (χ2v) is 6.13. The summed E-state index contributed by atoms with van der Waals surface area (Å²) in [5.74, 6) is 0. The number of nitrogens with one attached hydrogen (secondary N) is 1. The molecule has 0 radical (unpaired) electrons. The third-order valence-electron chi connectivity index (χ3n) is 2.65. The van der Waals surface area contributed by atoms with Crippen molar-refractivity contribution in [1.82, 2.24) is 4.72 Å². The highest BCUT2D eigenvalue weighted by Crippen LogP contribution is 2.21. The molecule has 2 heterocycles. The van der Waals surface area contributed by atoms with Gasteiger partial charge in [-0.05, 0) is 13.3 Å². The molecular weight excluding hydrogens is 206 g/mol. The first-order valence-electron chi connectivity index (χ1n) is 4.70. The van der Waals surface area contributed by atoms with Gasteiger partial charge in [0.2, 0.25) is 10.0 Å². The number of hydrogen-bond donors (Lipinski definition) is 1. The van der Waals surface area contributed by atoms with Crippen molar-refractivity contribution in [2.24, 2.45) is 0 Å². The molecule has 1 N–H and O–H groups in total. The molecule has 0 bridgehead atoms. The molecule has 2 rings (SSSR count).